The third kappa shape index (κ3) is 5.42. The van der Waals surface area contributed by atoms with E-state index in [1.165, 1.54) is 11.8 Å². The van der Waals surface area contributed by atoms with E-state index in [1.807, 2.05) is 85.8 Å². The molecule has 2 amide bonds. The largest absolute Gasteiger partial charge is 0.354 e. The number of rotatable bonds is 6. The molecule has 1 N–H and O–H groups in total. The summed E-state index contributed by atoms with van der Waals surface area (Å²) in [6.45, 7) is 2.49. The summed E-state index contributed by atoms with van der Waals surface area (Å²) >= 11 is 7.35. The van der Waals surface area contributed by atoms with Crippen molar-refractivity contribution in [1.29, 1.82) is 0 Å². The quantitative estimate of drug-likeness (QED) is 0.493. The molecule has 0 unspecified atom stereocenters. The second-order valence-corrected chi connectivity index (χ2v) is 9.13. The molecule has 0 saturated heterocycles. The Bertz CT molecular complexity index is 1160. The topological polar surface area (TPSA) is 49.4 Å². The molecule has 4 nitrogen and oxygen atoms in total. The molecule has 0 spiro atoms. The second-order valence-electron chi connectivity index (χ2n) is 7.61. The lowest BCUT2D eigenvalue weighted by Gasteiger charge is -2.29. The predicted octanol–water partition coefficient (Wildman–Crippen LogP) is 5.49. The number of benzene rings is 3. The van der Waals surface area contributed by atoms with Gasteiger partial charge in [-0.2, -0.15) is 0 Å². The van der Waals surface area contributed by atoms with Gasteiger partial charge in [0, 0.05) is 16.5 Å². The molecule has 1 aliphatic rings. The molecule has 0 radical (unpaired) electrons. The number of halogens is 1. The minimum absolute atomic E-state index is 0.0255. The zero-order valence-electron chi connectivity index (χ0n) is 17.7. The number of nitrogens with zero attached hydrogens (tertiary/aromatic N) is 1. The van der Waals surface area contributed by atoms with Crippen LogP contribution in [0.5, 0.6) is 0 Å². The van der Waals surface area contributed by atoms with Gasteiger partial charge < -0.3 is 5.32 Å². The molecule has 0 bridgehead atoms. The zero-order valence-corrected chi connectivity index (χ0v) is 19.2. The highest BCUT2D eigenvalue weighted by molar-refractivity contribution is 8.04. The van der Waals surface area contributed by atoms with E-state index >= 15 is 0 Å². The first-order valence-electron chi connectivity index (χ1n) is 10.4. The normalized spacial score (nSPS) is 14.4. The van der Waals surface area contributed by atoms with Crippen LogP contribution in [0.1, 0.15) is 16.7 Å². The van der Waals surface area contributed by atoms with E-state index in [-0.39, 0.29) is 18.4 Å². The minimum Gasteiger partial charge on any atom is -0.354 e. The number of hydrogen-bond acceptors (Lipinski definition) is 3. The molecule has 0 atom stereocenters. The van der Waals surface area contributed by atoms with Crippen LogP contribution in [0.3, 0.4) is 0 Å². The van der Waals surface area contributed by atoms with Gasteiger partial charge in [-0.05, 0) is 54.8 Å². The summed E-state index contributed by atoms with van der Waals surface area (Å²) < 4.78 is 0. The molecule has 4 rings (SSSR count). The summed E-state index contributed by atoms with van der Waals surface area (Å²) in [5.74, 6) is -0.356. The standard InChI is InChI=1S/C26H23ClN2O2S/c1-18-6-8-20(9-7-18)16-24-26(31)29(22-4-2-3-5-23(22)32-24)17-25(30)28-15-14-19-10-12-21(27)13-11-19/h2-13,16H,14-15,17H2,1H3,(H,28,30)/b24-16+. The first-order valence-corrected chi connectivity index (χ1v) is 11.6. The molecule has 6 heteroatoms. The van der Waals surface area contributed by atoms with E-state index in [2.05, 4.69) is 5.32 Å². The van der Waals surface area contributed by atoms with Gasteiger partial charge in [0.15, 0.2) is 0 Å². The summed E-state index contributed by atoms with van der Waals surface area (Å²) in [7, 11) is 0. The number of aryl methyl sites for hydroxylation is 1. The molecule has 162 valence electrons. The molecule has 3 aromatic carbocycles. The number of amides is 2. The van der Waals surface area contributed by atoms with Crippen molar-refractivity contribution in [2.45, 2.75) is 18.2 Å². The molecule has 0 aliphatic carbocycles. The molecule has 0 saturated carbocycles. The molecule has 1 aliphatic heterocycles. The van der Waals surface area contributed by atoms with Gasteiger partial charge in [-0.1, -0.05) is 77.5 Å². The van der Waals surface area contributed by atoms with Crippen molar-refractivity contribution in [3.63, 3.8) is 0 Å². The third-order valence-corrected chi connectivity index (χ3v) is 6.49. The maximum absolute atomic E-state index is 13.3. The molecular formula is C26H23ClN2O2S. The highest BCUT2D eigenvalue weighted by Crippen LogP contribution is 2.41. The maximum atomic E-state index is 13.3. The molecule has 0 aromatic heterocycles. The van der Waals surface area contributed by atoms with Gasteiger partial charge >= 0.3 is 0 Å². The molecule has 0 fully saturated rings. The van der Waals surface area contributed by atoms with Crippen LogP contribution in [0.15, 0.2) is 82.6 Å². The van der Waals surface area contributed by atoms with E-state index in [0.29, 0.717) is 22.9 Å². The number of hydrogen-bond donors (Lipinski definition) is 1. The first kappa shape index (κ1) is 22.2. The van der Waals surface area contributed by atoms with Gasteiger partial charge in [0.2, 0.25) is 5.91 Å². The van der Waals surface area contributed by atoms with E-state index in [4.69, 9.17) is 11.6 Å². The van der Waals surface area contributed by atoms with E-state index in [0.717, 1.165) is 27.3 Å². The van der Waals surface area contributed by atoms with Crippen LogP contribution in [0.25, 0.3) is 6.08 Å². The van der Waals surface area contributed by atoms with E-state index < -0.39 is 0 Å². The van der Waals surface area contributed by atoms with Crippen LogP contribution in [0.2, 0.25) is 5.02 Å². The Morgan fingerprint density at radius 3 is 2.50 bits per heavy atom. The number of anilines is 1. The zero-order chi connectivity index (χ0) is 22.5. The van der Waals surface area contributed by atoms with Crippen molar-refractivity contribution >= 4 is 46.9 Å². The highest BCUT2D eigenvalue weighted by atomic mass is 35.5. The van der Waals surface area contributed by atoms with E-state index in [9.17, 15) is 9.59 Å². The van der Waals surface area contributed by atoms with Gasteiger partial charge in [0.1, 0.15) is 6.54 Å². The average Bonchev–Trinajstić information content (AvgIpc) is 2.79. The van der Waals surface area contributed by atoms with E-state index in [1.54, 1.807) is 4.90 Å². The third-order valence-electron chi connectivity index (χ3n) is 5.16. The van der Waals surface area contributed by atoms with Crippen molar-refractivity contribution in [3.05, 3.63) is 99.4 Å². The lowest BCUT2D eigenvalue weighted by atomic mass is 10.1. The van der Waals surface area contributed by atoms with Gasteiger partial charge in [-0.3, -0.25) is 14.5 Å². The summed E-state index contributed by atoms with van der Waals surface area (Å²) in [5, 5.41) is 3.61. The number of nitrogens with one attached hydrogen (secondary N) is 1. The smallest absolute Gasteiger partial charge is 0.265 e. The van der Waals surface area contributed by atoms with Crippen LogP contribution in [0, 0.1) is 6.92 Å². The Morgan fingerprint density at radius 2 is 1.75 bits per heavy atom. The maximum Gasteiger partial charge on any atom is 0.265 e. The Balaban J connectivity index is 1.47. The van der Waals surface area contributed by atoms with Crippen molar-refractivity contribution < 1.29 is 9.59 Å². The van der Waals surface area contributed by atoms with Gasteiger partial charge in [0.05, 0.1) is 10.6 Å². The number of carbonyl (C=O) groups is 2. The molecule has 1 heterocycles. The van der Waals surface area contributed by atoms with Gasteiger partial charge in [-0.25, -0.2) is 0 Å². The fourth-order valence-corrected chi connectivity index (χ4v) is 4.61. The second kappa shape index (κ2) is 10.1. The predicted molar refractivity (Wildman–Crippen MR) is 132 cm³/mol. The number of carbonyl (C=O) groups excluding carboxylic acids is 2. The van der Waals surface area contributed by atoms with Crippen molar-refractivity contribution in [1.82, 2.24) is 5.32 Å². The summed E-state index contributed by atoms with van der Waals surface area (Å²) in [6, 6.07) is 23.2. The van der Waals surface area contributed by atoms with Crippen LogP contribution in [-0.4, -0.2) is 24.9 Å². The Kier molecular flexibility index (Phi) is 6.98. The lowest BCUT2D eigenvalue weighted by molar-refractivity contribution is -0.122. The number of thioether (sulfide) groups is 1. The monoisotopic (exact) mass is 462 g/mol. The summed E-state index contributed by atoms with van der Waals surface area (Å²) in [6.07, 6.45) is 2.58. The SMILES string of the molecule is Cc1ccc(/C=C2/Sc3ccccc3N(CC(=O)NCCc3ccc(Cl)cc3)C2=O)cc1. The fourth-order valence-electron chi connectivity index (χ4n) is 3.43. The van der Waals surface area contributed by atoms with Crippen LogP contribution in [-0.2, 0) is 16.0 Å². The summed E-state index contributed by atoms with van der Waals surface area (Å²) in [4.78, 5) is 29.0. The van der Waals surface area contributed by atoms with Crippen molar-refractivity contribution in [3.8, 4) is 0 Å². The van der Waals surface area contributed by atoms with Gasteiger partial charge in [-0.15, -0.1) is 0 Å². The molecular weight excluding hydrogens is 440 g/mol. The molecule has 32 heavy (non-hydrogen) atoms. The van der Waals surface area contributed by atoms with Gasteiger partial charge in [0.25, 0.3) is 5.91 Å². The lowest BCUT2D eigenvalue weighted by Crippen LogP contribution is -2.43. The van der Waals surface area contributed by atoms with Crippen molar-refractivity contribution in [2.75, 3.05) is 18.0 Å². The molecule has 3 aromatic rings. The fraction of sp³-hybridized carbons (Fsp3) is 0.154. The van der Waals surface area contributed by atoms with Crippen molar-refractivity contribution in [2.24, 2.45) is 0 Å². The van der Waals surface area contributed by atoms with Crippen LogP contribution < -0.4 is 10.2 Å². The highest BCUT2D eigenvalue weighted by Gasteiger charge is 2.30. The Labute approximate surface area is 197 Å². The van der Waals surface area contributed by atoms with Crippen LogP contribution in [0.4, 0.5) is 5.69 Å². The average molecular weight is 463 g/mol. The van der Waals surface area contributed by atoms with Crippen LogP contribution >= 0.6 is 23.4 Å². The Morgan fingerprint density at radius 1 is 1.03 bits per heavy atom. The number of para-hydroxylation sites is 1. The number of fused-ring (bicyclic) bond motifs is 1. The first-order chi connectivity index (χ1) is 15.5. The Hall–Kier alpha value is -3.02. The minimum atomic E-state index is -0.191. The summed E-state index contributed by atoms with van der Waals surface area (Å²) in [5.41, 5.74) is 3.97.